The van der Waals surface area contributed by atoms with Gasteiger partial charge in [-0.15, -0.1) is 0 Å². The van der Waals surface area contributed by atoms with Crippen molar-refractivity contribution in [3.05, 3.63) is 66.2 Å². The maximum atomic E-state index is 5.29. The van der Waals surface area contributed by atoms with Gasteiger partial charge in [0.2, 0.25) is 0 Å². The molecular formula is C18H21N3S. The number of anilines is 1. The summed E-state index contributed by atoms with van der Waals surface area (Å²) >= 11 is 5.29. The maximum absolute atomic E-state index is 5.29. The molecule has 114 valence electrons. The molecule has 0 aliphatic heterocycles. The monoisotopic (exact) mass is 311 g/mol. The van der Waals surface area contributed by atoms with Gasteiger partial charge in [0.15, 0.2) is 5.11 Å². The lowest BCUT2D eigenvalue weighted by atomic mass is 10.1. The molecule has 0 unspecified atom stereocenters. The van der Waals surface area contributed by atoms with E-state index in [-0.39, 0.29) is 0 Å². The van der Waals surface area contributed by atoms with Crippen molar-refractivity contribution in [2.75, 3.05) is 5.32 Å². The third-order valence-electron chi connectivity index (χ3n) is 3.20. The molecule has 4 heteroatoms. The standard InChI is InChI=1S/C18H21N3S/c1-2-3-14-17(15-10-6-4-7-11-15)20-21-18(22)19-16-12-8-5-9-13-16/h4-13H,2-3,14H2,1H3,(H2,19,21,22). The molecule has 0 aliphatic rings. The minimum atomic E-state index is 0.496. The number of unbranched alkanes of at least 4 members (excludes halogenated alkanes) is 1. The number of para-hydroxylation sites is 1. The number of benzene rings is 2. The van der Waals surface area contributed by atoms with Gasteiger partial charge in [-0.2, -0.15) is 5.10 Å². The second-order valence-electron chi connectivity index (χ2n) is 4.96. The smallest absolute Gasteiger partial charge is 0.191 e. The molecule has 0 fully saturated rings. The number of thiocarbonyl (C=S) groups is 1. The largest absolute Gasteiger partial charge is 0.331 e. The van der Waals surface area contributed by atoms with Crippen LogP contribution in [0.4, 0.5) is 5.69 Å². The average Bonchev–Trinajstić information content (AvgIpc) is 2.57. The summed E-state index contributed by atoms with van der Waals surface area (Å²) in [4.78, 5) is 0. The van der Waals surface area contributed by atoms with Crippen LogP contribution in [0.3, 0.4) is 0 Å². The molecule has 2 aromatic rings. The first-order valence-corrected chi connectivity index (χ1v) is 7.94. The molecule has 0 aromatic heterocycles. The van der Waals surface area contributed by atoms with E-state index < -0.39 is 0 Å². The zero-order chi connectivity index (χ0) is 15.6. The molecular weight excluding hydrogens is 290 g/mol. The van der Waals surface area contributed by atoms with E-state index in [1.807, 2.05) is 48.5 Å². The Morgan fingerprint density at radius 3 is 2.27 bits per heavy atom. The number of hydrazone groups is 1. The predicted octanol–water partition coefficient (Wildman–Crippen LogP) is 4.57. The van der Waals surface area contributed by atoms with Crippen molar-refractivity contribution in [2.45, 2.75) is 26.2 Å². The molecule has 22 heavy (non-hydrogen) atoms. The second kappa shape index (κ2) is 8.95. The minimum absolute atomic E-state index is 0.496. The van der Waals surface area contributed by atoms with Crippen LogP contribution in [-0.4, -0.2) is 10.8 Å². The first kappa shape index (κ1) is 16.2. The zero-order valence-electron chi connectivity index (χ0n) is 12.8. The van der Waals surface area contributed by atoms with Gasteiger partial charge >= 0.3 is 0 Å². The highest BCUT2D eigenvalue weighted by Gasteiger charge is 2.03. The van der Waals surface area contributed by atoms with E-state index in [9.17, 15) is 0 Å². The van der Waals surface area contributed by atoms with Crippen molar-refractivity contribution in [3.8, 4) is 0 Å². The fraction of sp³-hybridized carbons (Fsp3) is 0.222. The van der Waals surface area contributed by atoms with Crippen LogP contribution in [-0.2, 0) is 0 Å². The van der Waals surface area contributed by atoms with E-state index in [1.165, 1.54) is 0 Å². The molecule has 0 radical (unpaired) electrons. The second-order valence-corrected chi connectivity index (χ2v) is 5.37. The van der Waals surface area contributed by atoms with Gasteiger partial charge in [-0.05, 0) is 42.8 Å². The summed E-state index contributed by atoms with van der Waals surface area (Å²) in [6.45, 7) is 2.18. The average molecular weight is 311 g/mol. The van der Waals surface area contributed by atoms with Gasteiger partial charge in [0.05, 0.1) is 5.71 Å². The number of hydrogen-bond acceptors (Lipinski definition) is 2. The summed E-state index contributed by atoms with van der Waals surface area (Å²) in [7, 11) is 0. The highest BCUT2D eigenvalue weighted by atomic mass is 32.1. The maximum Gasteiger partial charge on any atom is 0.191 e. The highest BCUT2D eigenvalue weighted by Crippen LogP contribution is 2.08. The lowest BCUT2D eigenvalue weighted by Crippen LogP contribution is -2.25. The SMILES string of the molecule is CCCCC(=NNC(=S)Nc1ccccc1)c1ccccc1. The van der Waals surface area contributed by atoms with Crippen LogP contribution >= 0.6 is 12.2 Å². The van der Waals surface area contributed by atoms with E-state index >= 15 is 0 Å². The molecule has 2 aromatic carbocycles. The fourth-order valence-corrected chi connectivity index (χ4v) is 2.20. The quantitative estimate of drug-likeness (QED) is 0.466. The van der Waals surface area contributed by atoms with Crippen molar-refractivity contribution in [1.82, 2.24) is 5.43 Å². The Balaban J connectivity index is 2.01. The van der Waals surface area contributed by atoms with Crippen LogP contribution in [0.15, 0.2) is 65.8 Å². The molecule has 0 saturated carbocycles. The first-order chi connectivity index (χ1) is 10.8. The van der Waals surface area contributed by atoms with Crippen molar-refractivity contribution in [2.24, 2.45) is 5.10 Å². The van der Waals surface area contributed by atoms with Gasteiger partial charge in [0.25, 0.3) is 0 Å². The Morgan fingerprint density at radius 1 is 1.00 bits per heavy atom. The van der Waals surface area contributed by atoms with Gasteiger partial charge in [0.1, 0.15) is 0 Å². The molecule has 0 atom stereocenters. The lowest BCUT2D eigenvalue weighted by Gasteiger charge is -2.10. The van der Waals surface area contributed by atoms with Gasteiger partial charge in [0, 0.05) is 5.69 Å². The van der Waals surface area contributed by atoms with E-state index in [2.05, 4.69) is 34.9 Å². The lowest BCUT2D eigenvalue weighted by molar-refractivity contribution is 0.828. The molecule has 0 bridgehead atoms. The van der Waals surface area contributed by atoms with Crippen LogP contribution < -0.4 is 10.7 Å². The Kier molecular flexibility index (Phi) is 6.58. The Morgan fingerprint density at radius 2 is 1.64 bits per heavy atom. The fourth-order valence-electron chi connectivity index (χ4n) is 2.04. The summed E-state index contributed by atoms with van der Waals surface area (Å²) < 4.78 is 0. The van der Waals surface area contributed by atoms with Crippen molar-refractivity contribution in [3.63, 3.8) is 0 Å². The molecule has 2 N–H and O–H groups in total. The number of nitrogens with zero attached hydrogens (tertiary/aromatic N) is 1. The number of nitrogens with one attached hydrogen (secondary N) is 2. The van der Waals surface area contributed by atoms with Gasteiger partial charge in [-0.3, -0.25) is 5.43 Å². The Hall–Kier alpha value is -2.20. The van der Waals surface area contributed by atoms with Crippen molar-refractivity contribution < 1.29 is 0 Å². The van der Waals surface area contributed by atoms with Crippen LogP contribution in [0.1, 0.15) is 31.7 Å². The van der Waals surface area contributed by atoms with Crippen LogP contribution in [0.2, 0.25) is 0 Å². The Bertz CT molecular complexity index is 609. The topological polar surface area (TPSA) is 36.4 Å². The van der Waals surface area contributed by atoms with E-state index in [4.69, 9.17) is 12.2 Å². The Labute approximate surface area is 137 Å². The molecule has 0 saturated heterocycles. The summed E-state index contributed by atoms with van der Waals surface area (Å²) in [5.74, 6) is 0. The number of hydrogen-bond donors (Lipinski definition) is 2. The summed E-state index contributed by atoms with van der Waals surface area (Å²) in [5, 5.41) is 8.11. The summed E-state index contributed by atoms with van der Waals surface area (Å²) in [5.41, 5.74) is 6.05. The van der Waals surface area contributed by atoms with Crippen molar-refractivity contribution in [1.29, 1.82) is 0 Å². The third kappa shape index (κ3) is 5.30. The molecule has 2 rings (SSSR count). The van der Waals surface area contributed by atoms with Crippen LogP contribution in [0.25, 0.3) is 0 Å². The van der Waals surface area contributed by atoms with Crippen molar-refractivity contribution >= 4 is 28.7 Å². The van der Waals surface area contributed by atoms with E-state index in [1.54, 1.807) is 0 Å². The highest BCUT2D eigenvalue weighted by molar-refractivity contribution is 7.80. The van der Waals surface area contributed by atoms with Crippen LogP contribution in [0.5, 0.6) is 0 Å². The third-order valence-corrected chi connectivity index (χ3v) is 3.39. The van der Waals surface area contributed by atoms with E-state index in [0.717, 1.165) is 36.2 Å². The van der Waals surface area contributed by atoms with Crippen LogP contribution in [0, 0.1) is 0 Å². The summed E-state index contributed by atoms with van der Waals surface area (Å²) in [6.07, 6.45) is 3.17. The number of rotatable bonds is 6. The van der Waals surface area contributed by atoms with Gasteiger partial charge < -0.3 is 5.32 Å². The molecule has 3 nitrogen and oxygen atoms in total. The molecule has 0 amide bonds. The minimum Gasteiger partial charge on any atom is -0.331 e. The normalized spacial score (nSPS) is 11.0. The van der Waals surface area contributed by atoms with Gasteiger partial charge in [-0.25, -0.2) is 0 Å². The summed E-state index contributed by atoms with van der Waals surface area (Å²) in [6, 6.07) is 20.0. The predicted molar refractivity (Wildman–Crippen MR) is 98.3 cm³/mol. The molecule has 0 aliphatic carbocycles. The van der Waals surface area contributed by atoms with Gasteiger partial charge in [-0.1, -0.05) is 61.9 Å². The first-order valence-electron chi connectivity index (χ1n) is 7.53. The zero-order valence-corrected chi connectivity index (χ0v) is 13.6. The molecule has 0 heterocycles. The van der Waals surface area contributed by atoms with E-state index in [0.29, 0.717) is 5.11 Å². The molecule has 0 spiro atoms.